The fourth-order valence-corrected chi connectivity index (χ4v) is 1.97. The summed E-state index contributed by atoms with van der Waals surface area (Å²) in [5, 5.41) is 6.08. The van der Waals surface area contributed by atoms with Gasteiger partial charge in [0, 0.05) is 0 Å². The zero-order chi connectivity index (χ0) is 14.3. The van der Waals surface area contributed by atoms with E-state index in [4.69, 9.17) is 5.73 Å². The molecular weight excluding hydrogens is 273 g/mol. The number of halogens is 3. The normalized spacial score (nSPS) is 12.2. The van der Waals surface area contributed by atoms with Crippen molar-refractivity contribution in [2.24, 2.45) is 0 Å². The molecular formula is C11H9F3N6. The minimum Gasteiger partial charge on any atom is -0.366 e. The highest BCUT2D eigenvalue weighted by Crippen LogP contribution is 2.27. The SMILES string of the molecule is Nc1n[nH]c(-c2nc3ccccc3n2CC(F)(F)F)n1. The van der Waals surface area contributed by atoms with Crippen molar-refractivity contribution in [3.63, 3.8) is 0 Å². The Hall–Kier alpha value is -2.58. The molecule has 9 heteroatoms. The average molecular weight is 282 g/mol. The van der Waals surface area contributed by atoms with Crippen molar-refractivity contribution in [1.82, 2.24) is 24.7 Å². The zero-order valence-corrected chi connectivity index (χ0v) is 10.0. The molecule has 2 heterocycles. The van der Waals surface area contributed by atoms with Crippen molar-refractivity contribution in [3.05, 3.63) is 24.3 Å². The summed E-state index contributed by atoms with van der Waals surface area (Å²) < 4.78 is 39.2. The van der Waals surface area contributed by atoms with Crippen LogP contribution in [0.4, 0.5) is 19.1 Å². The second-order valence-electron chi connectivity index (χ2n) is 4.17. The van der Waals surface area contributed by atoms with E-state index in [1.165, 1.54) is 0 Å². The van der Waals surface area contributed by atoms with Gasteiger partial charge in [0.15, 0.2) is 11.6 Å². The Morgan fingerprint density at radius 2 is 1.95 bits per heavy atom. The van der Waals surface area contributed by atoms with Gasteiger partial charge < -0.3 is 10.3 Å². The fraction of sp³-hybridized carbons (Fsp3) is 0.182. The molecule has 6 nitrogen and oxygen atoms in total. The molecule has 0 amide bonds. The van der Waals surface area contributed by atoms with Gasteiger partial charge in [-0.25, -0.2) is 4.98 Å². The Morgan fingerprint density at radius 3 is 2.60 bits per heavy atom. The number of para-hydroxylation sites is 2. The molecule has 3 aromatic rings. The maximum absolute atomic E-state index is 12.7. The van der Waals surface area contributed by atoms with Crippen LogP contribution in [-0.2, 0) is 6.54 Å². The van der Waals surface area contributed by atoms with Crippen LogP contribution in [0.25, 0.3) is 22.7 Å². The third kappa shape index (κ3) is 2.17. The zero-order valence-electron chi connectivity index (χ0n) is 10.0. The van der Waals surface area contributed by atoms with E-state index in [1.54, 1.807) is 24.3 Å². The van der Waals surface area contributed by atoms with Crippen molar-refractivity contribution in [2.45, 2.75) is 12.7 Å². The summed E-state index contributed by atoms with van der Waals surface area (Å²) in [6, 6.07) is 6.55. The first kappa shape index (κ1) is 12.5. The molecule has 0 aliphatic heterocycles. The van der Waals surface area contributed by atoms with Crippen molar-refractivity contribution >= 4 is 17.0 Å². The highest BCUT2D eigenvalue weighted by molar-refractivity contribution is 5.79. The predicted octanol–water partition coefficient (Wildman–Crippen LogP) is 1.97. The van der Waals surface area contributed by atoms with Crippen LogP contribution >= 0.6 is 0 Å². The number of nitrogens with one attached hydrogen (secondary N) is 1. The smallest absolute Gasteiger partial charge is 0.366 e. The molecule has 2 aromatic heterocycles. The molecule has 0 aliphatic carbocycles. The van der Waals surface area contributed by atoms with Gasteiger partial charge in [-0.1, -0.05) is 12.1 Å². The van der Waals surface area contributed by atoms with Crippen LogP contribution in [0.5, 0.6) is 0 Å². The van der Waals surface area contributed by atoms with E-state index in [9.17, 15) is 13.2 Å². The lowest BCUT2D eigenvalue weighted by molar-refractivity contribution is -0.139. The molecule has 0 aliphatic rings. The number of nitrogens with zero attached hydrogens (tertiary/aromatic N) is 4. The summed E-state index contributed by atoms with van der Waals surface area (Å²) in [7, 11) is 0. The van der Waals surface area contributed by atoms with Crippen LogP contribution in [0.1, 0.15) is 0 Å². The minimum absolute atomic E-state index is 0.0488. The number of alkyl halides is 3. The van der Waals surface area contributed by atoms with Crippen LogP contribution in [0, 0.1) is 0 Å². The molecule has 1 aromatic carbocycles. The van der Waals surface area contributed by atoms with Crippen LogP contribution < -0.4 is 5.73 Å². The molecule has 0 bridgehead atoms. The number of H-pyrrole nitrogens is 1. The van der Waals surface area contributed by atoms with Crippen molar-refractivity contribution < 1.29 is 13.2 Å². The summed E-state index contributed by atoms with van der Waals surface area (Å²) >= 11 is 0. The topological polar surface area (TPSA) is 85.4 Å². The molecule has 0 radical (unpaired) electrons. The summed E-state index contributed by atoms with van der Waals surface area (Å²) in [6.45, 7) is -1.16. The van der Waals surface area contributed by atoms with E-state index in [2.05, 4.69) is 20.2 Å². The summed E-state index contributed by atoms with van der Waals surface area (Å²) in [5.74, 6) is 0.0984. The first-order chi connectivity index (χ1) is 9.44. The fourth-order valence-electron chi connectivity index (χ4n) is 1.97. The van der Waals surface area contributed by atoms with E-state index in [0.717, 1.165) is 4.57 Å². The molecule has 3 rings (SSSR count). The number of fused-ring (bicyclic) bond motifs is 1. The largest absolute Gasteiger partial charge is 0.406 e. The van der Waals surface area contributed by atoms with Gasteiger partial charge in [0.1, 0.15) is 6.54 Å². The van der Waals surface area contributed by atoms with Crippen molar-refractivity contribution in [3.8, 4) is 11.6 Å². The van der Waals surface area contributed by atoms with Gasteiger partial charge in [0.2, 0.25) is 5.95 Å². The Kier molecular flexibility index (Phi) is 2.63. The number of nitrogens with two attached hydrogens (primary N) is 1. The molecule has 104 valence electrons. The standard InChI is InChI=1S/C11H9F3N6/c12-11(13,14)5-20-7-4-2-1-3-6(7)16-9(20)8-17-10(15)19-18-8/h1-4H,5H2,(H3,15,17,18,19). The van der Waals surface area contributed by atoms with Crippen LogP contribution in [0.2, 0.25) is 0 Å². The molecule has 0 saturated carbocycles. The van der Waals surface area contributed by atoms with Gasteiger partial charge >= 0.3 is 6.18 Å². The molecule has 0 saturated heterocycles. The molecule has 3 N–H and O–H groups in total. The third-order valence-corrected chi connectivity index (χ3v) is 2.71. The van der Waals surface area contributed by atoms with Gasteiger partial charge in [0.25, 0.3) is 0 Å². The van der Waals surface area contributed by atoms with Crippen LogP contribution in [-0.4, -0.2) is 30.9 Å². The highest BCUT2D eigenvalue weighted by atomic mass is 19.4. The number of nitrogen functional groups attached to an aromatic ring is 1. The third-order valence-electron chi connectivity index (χ3n) is 2.71. The van der Waals surface area contributed by atoms with Crippen LogP contribution in [0.3, 0.4) is 0 Å². The monoisotopic (exact) mass is 282 g/mol. The van der Waals surface area contributed by atoms with Gasteiger partial charge in [0.05, 0.1) is 11.0 Å². The molecule has 0 fully saturated rings. The Balaban J connectivity index is 2.22. The van der Waals surface area contributed by atoms with Crippen LogP contribution in [0.15, 0.2) is 24.3 Å². The van der Waals surface area contributed by atoms with Gasteiger partial charge in [-0.3, -0.25) is 5.10 Å². The first-order valence-corrected chi connectivity index (χ1v) is 5.64. The van der Waals surface area contributed by atoms with E-state index < -0.39 is 12.7 Å². The van der Waals surface area contributed by atoms with E-state index >= 15 is 0 Å². The second-order valence-corrected chi connectivity index (χ2v) is 4.17. The second kappa shape index (κ2) is 4.22. The molecule has 0 atom stereocenters. The summed E-state index contributed by atoms with van der Waals surface area (Å²) in [5.41, 5.74) is 6.19. The number of imidazole rings is 1. The lowest BCUT2D eigenvalue weighted by Crippen LogP contribution is -2.18. The first-order valence-electron chi connectivity index (χ1n) is 5.64. The number of hydrogen-bond acceptors (Lipinski definition) is 4. The van der Waals surface area contributed by atoms with E-state index in [1.807, 2.05) is 0 Å². The highest BCUT2D eigenvalue weighted by Gasteiger charge is 2.31. The summed E-state index contributed by atoms with van der Waals surface area (Å²) in [4.78, 5) is 7.98. The number of aromatic nitrogens is 5. The molecule has 20 heavy (non-hydrogen) atoms. The van der Waals surface area contributed by atoms with Gasteiger partial charge in [-0.2, -0.15) is 18.2 Å². The van der Waals surface area contributed by atoms with Gasteiger partial charge in [-0.05, 0) is 12.1 Å². The lowest BCUT2D eigenvalue weighted by Gasteiger charge is -2.10. The predicted molar refractivity (Wildman–Crippen MR) is 65.6 cm³/mol. The Morgan fingerprint density at radius 1 is 1.20 bits per heavy atom. The maximum atomic E-state index is 12.7. The quantitative estimate of drug-likeness (QED) is 0.752. The average Bonchev–Trinajstić information content (AvgIpc) is 2.93. The van der Waals surface area contributed by atoms with Crippen molar-refractivity contribution in [1.29, 1.82) is 0 Å². The number of benzene rings is 1. The molecule has 0 unspecified atom stereocenters. The number of aromatic amines is 1. The maximum Gasteiger partial charge on any atom is 0.406 e. The summed E-state index contributed by atoms with van der Waals surface area (Å²) in [6.07, 6.45) is -4.37. The minimum atomic E-state index is -4.37. The Labute approximate surface area is 110 Å². The number of hydrogen-bond donors (Lipinski definition) is 2. The van der Waals surface area contributed by atoms with E-state index in [0.29, 0.717) is 11.0 Å². The Bertz CT molecular complexity index is 757. The number of rotatable bonds is 2. The van der Waals surface area contributed by atoms with Crippen molar-refractivity contribution in [2.75, 3.05) is 5.73 Å². The molecule has 0 spiro atoms. The number of anilines is 1. The van der Waals surface area contributed by atoms with E-state index in [-0.39, 0.29) is 17.6 Å². The lowest BCUT2D eigenvalue weighted by atomic mass is 10.3. The van der Waals surface area contributed by atoms with Gasteiger partial charge in [-0.15, -0.1) is 5.10 Å².